The Balaban J connectivity index is 2.14. The summed E-state index contributed by atoms with van der Waals surface area (Å²) in [5.74, 6) is 1.66. The molecule has 0 bridgehead atoms. The van der Waals surface area contributed by atoms with Crippen molar-refractivity contribution in [2.45, 2.75) is 6.04 Å². The summed E-state index contributed by atoms with van der Waals surface area (Å²) >= 11 is 0. The summed E-state index contributed by atoms with van der Waals surface area (Å²) in [6.07, 6.45) is 0. The van der Waals surface area contributed by atoms with Gasteiger partial charge in [-0.15, -0.1) is 0 Å². The van der Waals surface area contributed by atoms with Crippen molar-refractivity contribution in [2.24, 2.45) is 5.73 Å². The van der Waals surface area contributed by atoms with Gasteiger partial charge in [-0.1, -0.05) is 18.2 Å². The van der Waals surface area contributed by atoms with Crippen molar-refractivity contribution >= 4 is 5.69 Å². The second-order valence-corrected chi connectivity index (χ2v) is 4.44. The first-order valence-electron chi connectivity index (χ1n) is 6.51. The molecular weight excluding hydrogens is 252 g/mol. The summed E-state index contributed by atoms with van der Waals surface area (Å²) in [7, 11) is 3.31. The van der Waals surface area contributed by atoms with Crippen molar-refractivity contribution in [3.05, 3.63) is 54.1 Å². The van der Waals surface area contributed by atoms with E-state index in [1.54, 1.807) is 14.2 Å². The van der Waals surface area contributed by atoms with Gasteiger partial charge in [0.1, 0.15) is 11.5 Å². The van der Waals surface area contributed by atoms with Gasteiger partial charge in [-0.25, -0.2) is 0 Å². The second-order valence-electron chi connectivity index (χ2n) is 4.44. The van der Waals surface area contributed by atoms with E-state index in [1.807, 2.05) is 48.5 Å². The number of rotatable bonds is 6. The number of hydrogen-bond acceptors (Lipinski definition) is 4. The number of hydrogen-bond donors (Lipinski definition) is 2. The number of anilines is 1. The van der Waals surface area contributed by atoms with E-state index in [0.717, 1.165) is 22.7 Å². The van der Waals surface area contributed by atoms with Crippen LogP contribution in [0.15, 0.2) is 48.5 Å². The van der Waals surface area contributed by atoms with E-state index in [2.05, 4.69) is 5.32 Å². The maximum Gasteiger partial charge on any atom is 0.120 e. The molecule has 0 fully saturated rings. The molecular formula is C16H20N2O2. The highest BCUT2D eigenvalue weighted by molar-refractivity contribution is 5.50. The van der Waals surface area contributed by atoms with E-state index < -0.39 is 0 Å². The molecule has 3 N–H and O–H groups in total. The van der Waals surface area contributed by atoms with E-state index in [4.69, 9.17) is 15.2 Å². The molecule has 0 saturated heterocycles. The molecule has 0 aliphatic heterocycles. The average Bonchev–Trinajstić information content (AvgIpc) is 2.53. The molecule has 2 aromatic rings. The number of nitrogens with one attached hydrogen (secondary N) is 1. The summed E-state index contributed by atoms with van der Waals surface area (Å²) in [6.45, 7) is 0.504. The van der Waals surface area contributed by atoms with Gasteiger partial charge in [-0.2, -0.15) is 0 Å². The zero-order chi connectivity index (χ0) is 14.4. The molecule has 20 heavy (non-hydrogen) atoms. The third-order valence-corrected chi connectivity index (χ3v) is 3.16. The van der Waals surface area contributed by atoms with Crippen LogP contribution >= 0.6 is 0 Å². The van der Waals surface area contributed by atoms with Crippen molar-refractivity contribution in [1.82, 2.24) is 0 Å². The van der Waals surface area contributed by atoms with Gasteiger partial charge in [0.05, 0.1) is 20.3 Å². The first-order chi connectivity index (χ1) is 9.76. The Bertz CT molecular complexity index is 540. The summed E-state index contributed by atoms with van der Waals surface area (Å²) < 4.78 is 10.4. The Morgan fingerprint density at radius 2 is 1.70 bits per heavy atom. The van der Waals surface area contributed by atoms with Gasteiger partial charge >= 0.3 is 0 Å². The Morgan fingerprint density at radius 1 is 1.00 bits per heavy atom. The smallest absolute Gasteiger partial charge is 0.120 e. The standard InChI is InChI=1S/C16H20N2O2/c1-19-14-8-6-12(7-9-14)16(11-17)18-13-4-3-5-15(10-13)20-2/h3-10,16,18H,11,17H2,1-2H3. The lowest BCUT2D eigenvalue weighted by Gasteiger charge is -2.19. The maximum atomic E-state index is 5.87. The topological polar surface area (TPSA) is 56.5 Å². The van der Waals surface area contributed by atoms with E-state index >= 15 is 0 Å². The molecule has 1 unspecified atom stereocenters. The third-order valence-electron chi connectivity index (χ3n) is 3.16. The first kappa shape index (κ1) is 14.2. The molecule has 0 spiro atoms. The lowest BCUT2D eigenvalue weighted by atomic mass is 10.1. The van der Waals surface area contributed by atoms with Crippen LogP contribution in [0.3, 0.4) is 0 Å². The van der Waals surface area contributed by atoms with E-state index in [-0.39, 0.29) is 6.04 Å². The van der Waals surface area contributed by atoms with Crippen molar-refractivity contribution in [1.29, 1.82) is 0 Å². The normalized spacial score (nSPS) is 11.8. The van der Waals surface area contributed by atoms with Crippen molar-refractivity contribution < 1.29 is 9.47 Å². The fourth-order valence-corrected chi connectivity index (χ4v) is 2.03. The Kier molecular flexibility index (Phi) is 4.85. The molecule has 1 atom stereocenters. The molecule has 0 amide bonds. The van der Waals surface area contributed by atoms with Crippen molar-refractivity contribution in [2.75, 3.05) is 26.1 Å². The van der Waals surface area contributed by atoms with Gasteiger partial charge < -0.3 is 20.5 Å². The molecule has 0 aliphatic rings. The minimum Gasteiger partial charge on any atom is -0.497 e. The van der Waals surface area contributed by atoms with Gasteiger partial charge in [0, 0.05) is 18.3 Å². The van der Waals surface area contributed by atoms with Crippen LogP contribution in [0, 0.1) is 0 Å². The molecule has 0 radical (unpaired) electrons. The van der Waals surface area contributed by atoms with E-state index in [9.17, 15) is 0 Å². The van der Waals surface area contributed by atoms with Crippen LogP contribution < -0.4 is 20.5 Å². The fraction of sp³-hybridized carbons (Fsp3) is 0.250. The van der Waals surface area contributed by atoms with Gasteiger partial charge in [-0.05, 0) is 29.8 Å². The first-order valence-corrected chi connectivity index (χ1v) is 6.51. The lowest BCUT2D eigenvalue weighted by Crippen LogP contribution is -2.20. The van der Waals surface area contributed by atoms with E-state index in [0.29, 0.717) is 6.54 Å². The summed E-state index contributed by atoms with van der Waals surface area (Å²) in [5.41, 5.74) is 7.97. The Morgan fingerprint density at radius 3 is 2.30 bits per heavy atom. The van der Waals surface area contributed by atoms with Crippen LogP contribution in [0.1, 0.15) is 11.6 Å². The molecule has 4 heteroatoms. The highest BCUT2D eigenvalue weighted by atomic mass is 16.5. The zero-order valence-corrected chi connectivity index (χ0v) is 11.8. The molecule has 106 valence electrons. The van der Waals surface area contributed by atoms with Crippen LogP contribution in [0.5, 0.6) is 11.5 Å². The monoisotopic (exact) mass is 272 g/mol. The van der Waals surface area contributed by atoms with E-state index in [1.165, 1.54) is 0 Å². The van der Waals surface area contributed by atoms with Crippen LogP contribution in [-0.4, -0.2) is 20.8 Å². The molecule has 0 aliphatic carbocycles. The van der Waals surface area contributed by atoms with Crippen LogP contribution in [-0.2, 0) is 0 Å². The van der Waals surface area contributed by atoms with Crippen molar-refractivity contribution in [3.8, 4) is 11.5 Å². The van der Waals surface area contributed by atoms with Gasteiger partial charge in [0.25, 0.3) is 0 Å². The fourth-order valence-electron chi connectivity index (χ4n) is 2.03. The molecule has 4 nitrogen and oxygen atoms in total. The number of benzene rings is 2. The Hall–Kier alpha value is -2.20. The van der Waals surface area contributed by atoms with Crippen molar-refractivity contribution in [3.63, 3.8) is 0 Å². The highest BCUT2D eigenvalue weighted by Gasteiger charge is 2.09. The number of methoxy groups -OCH3 is 2. The second kappa shape index (κ2) is 6.82. The van der Waals surface area contributed by atoms with Crippen LogP contribution in [0.4, 0.5) is 5.69 Å². The summed E-state index contributed by atoms with van der Waals surface area (Å²) in [5, 5.41) is 3.41. The zero-order valence-electron chi connectivity index (χ0n) is 11.8. The predicted octanol–water partition coefficient (Wildman–Crippen LogP) is 2.82. The minimum absolute atomic E-state index is 0.0491. The molecule has 0 saturated carbocycles. The predicted molar refractivity (Wildman–Crippen MR) is 81.4 cm³/mol. The van der Waals surface area contributed by atoms with Gasteiger partial charge in [0.2, 0.25) is 0 Å². The lowest BCUT2D eigenvalue weighted by molar-refractivity contribution is 0.414. The maximum absolute atomic E-state index is 5.87. The summed E-state index contributed by atoms with van der Waals surface area (Å²) in [6, 6.07) is 15.8. The van der Waals surface area contributed by atoms with Gasteiger partial charge in [-0.3, -0.25) is 0 Å². The highest BCUT2D eigenvalue weighted by Crippen LogP contribution is 2.23. The third kappa shape index (κ3) is 3.42. The quantitative estimate of drug-likeness (QED) is 0.849. The van der Waals surface area contributed by atoms with Crippen LogP contribution in [0.2, 0.25) is 0 Å². The van der Waals surface area contributed by atoms with Crippen LogP contribution in [0.25, 0.3) is 0 Å². The summed E-state index contributed by atoms with van der Waals surface area (Å²) in [4.78, 5) is 0. The SMILES string of the molecule is COc1ccc(C(CN)Nc2cccc(OC)c2)cc1. The number of nitrogens with two attached hydrogens (primary N) is 1. The molecule has 2 rings (SSSR count). The molecule has 2 aromatic carbocycles. The minimum atomic E-state index is 0.0491. The number of ether oxygens (including phenoxy) is 2. The Labute approximate surface area is 119 Å². The average molecular weight is 272 g/mol. The largest absolute Gasteiger partial charge is 0.497 e. The van der Waals surface area contributed by atoms with Gasteiger partial charge in [0.15, 0.2) is 0 Å². The molecule has 0 aromatic heterocycles. The molecule has 0 heterocycles.